The van der Waals surface area contributed by atoms with Gasteiger partial charge in [0.2, 0.25) is 5.91 Å². The molecule has 2 rings (SSSR count). The number of hydrogen-bond acceptors (Lipinski definition) is 4. The molecule has 1 fully saturated rings. The minimum absolute atomic E-state index is 0.170. The lowest BCUT2D eigenvalue weighted by Gasteiger charge is -2.26. The van der Waals surface area contributed by atoms with Gasteiger partial charge in [-0.05, 0) is 25.2 Å². The van der Waals surface area contributed by atoms with Crippen LogP contribution >= 0.6 is 0 Å². The van der Waals surface area contributed by atoms with E-state index in [1.165, 1.54) is 0 Å². The van der Waals surface area contributed by atoms with Crippen LogP contribution in [0.25, 0.3) is 0 Å². The molecule has 1 aromatic rings. The fourth-order valence-corrected chi connectivity index (χ4v) is 2.11. The SMILES string of the molecule is CCc1cc(NC(=O)C(N)C2CCOCC2)n[nH]1. The van der Waals surface area contributed by atoms with Crippen LogP contribution in [0.4, 0.5) is 5.82 Å². The first kappa shape index (κ1) is 13.0. The smallest absolute Gasteiger partial charge is 0.242 e. The van der Waals surface area contributed by atoms with E-state index in [0.29, 0.717) is 19.0 Å². The van der Waals surface area contributed by atoms with Gasteiger partial charge in [-0.25, -0.2) is 0 Å². The number of nitrogens with one attached hydrogen (secondary N) is 2. The van der Waals surface area contributed by atoms with Crippen molar-refractivity contribution in [2.75, 3.05) is 18.5 Å². The van der Waals surface area contributed by atoms with Gasteiger partial charge in [-0.15, -0.1) is 0 Å². The maximum atomic E-state index is 12.0. The van der Waals surface area contributed by atoms with Crippen LogP contribution < -0.4 is 11.1 Å². The lowest BCUT2D eigenvalue weighted by Crippen LogP contribution is -2.44. The lowest BCUT2D eigenvalue weighted by atomic mass is 9.92. The van der Waals surface area contributed by atoms with Gasteiger partial charge in [-0.1, -0.05) is 6.92 Å². The number of amides is 1. The largest absolute Gasteiger partial charge is 0.381 e. The molecule has 0 aromatic carbocycles. The van der Waals surface area contributed by atoms with Gasteiger partial charge in [0.1, 0.15) is 0 Å². The molecule has 18 heavy (non-hydrogen) atoms. The lowest BCUT2D eigenvalue weighted by molar-refractivity contribution is -0.119. The Kier molecular flexibility index (Phi) is 4.33. The van der Waals surface area contributed by atoms with Crippen LogP contribution in [0.1, 0.15) is 25.5 Å². The number of H-pyrrole nitrogens is 1. The number of rotatable bonds is 4. The highest BCUT2D eigenvalue weighted by atomic mass is 16.5. The maximum Gasteiger partial charge on any atom is 0.242 e. The number of anilines is 1. The summed E-state index contributed by atoms with van der Waals surface area (Å²) >= 11 is 0. The first-order chi connectivity index (χ1) is 8.70. The molecule has 0 bridgehead atoms. The molecule has 6 nitrogen and oxygen atoms in total. The number of ether oxygens (including phenoxy) is 1. The van der Waals surface area contributed by atoms with Crippen LogP contribution in [0, 0.1) is 5.92 Å². The third-order valence-corrected chi connectivity index (χ3v) is 3.34. The van der Waals surface area contributed by atoms with Gasteiger partial charge in [0.25, 0.3) is 0 Å². The molecular weight excluding hydrogens is 232 g/mol. The molecule has 1 saturated heterocycles. The van der Waals surface area contributed by atoms with Gasteiger partial charge in [-0.3, -0.25) is 9.89 Å². The predicted molar refractivity (Wildman–Crippen MR) is 68.1 cm³/mol. The van der Waals surface area contributed by atoms with Crippen LogP contribution in [-0.4, -0.2) is 35.4 Å². The number of aromatic nitrogens is 2. The Morgan fingerprint density at radius 3 is 3.00 bits per heavy atom. The first-order valence-corrected chi connectivity index (χ1v) is 6.39. The molecule has 0 spiro atoms. The van der Waals surface area contributed by atoms with Crippen molar-refractivity contribution in [3.05, 3.63) is 11.8 Å². The van der Waals surface area contributed by atoms with Crippen LogP contribution in [0.15, 0.2) is 6.07 Å². The minimum atomic E-state index is -0.490. The van der Waals surface area contributed by atoms with Gasteiger partial charge < -0.3 is 15.8 Å². The average Bonchev–Trinajstić information content (AvgIpc) is 2.86. The second kappa shape index (κ2) is 5.97. The highest BCUT2D eigenvalue weighted by Crippen LogP contribution is 2.18. The standard InChI is InChI=1S/C12H20N4O2/c1-2-9-7-10(16-15-9)14-12(17)11(13)8-3-5-18-6-4-8/h7-8,11H,2-6,13H2,1H3,(H2,14,15,16,17). The zero-order chi connectivity index (χ0) is 13.0. The summed E-state index contributed by atoms with van der Waals surface area (Å²) in [5, 5.41) is 9.62. The summed E-state index contributed by atoms with van der Waals surface area (Å²) < 4.78 is 5.26. The summed E-state index contributed by atoms with van der Waals surface area (Å²) in [6, 6.07) is 1.34. The molecule has 0 radical (unpaired) electrons. The third kappa shape index (κ3) is 3.08. The van der Waals surface area contributed by atoms with E-state index < -0.39 is 6.04 Å². The van der Waals surface area contributed by atoms with Crippen LogP contribution in [0.3, 0.4) is 0 Å². The van der Waals surface area contributed by atoms with Crippen molar-refractivity contribution < 1.29 is 9.53 Å². The minimum Gasteiger partial charge on any atom is -0.381 e. The normalized spacial score (nSPS) is 18.6. The average molecular weight is 252 g/mol. The van der Waals surface area contributed by atoms with E-state index >= 15 is 0 Å². The Labute approximate surface area is 106 Å². The number of carbonyl (C=O) groups excluding carboxylic acids is 1. The summed E-state index contributed by atoms with van der Waals surface area (Å²) in [5.74, 6) is 0.568. The zero-order valence-corrected chi connectivity index (χ0v) is 10.6. The molecule has 4 N–H and O–H groups in total. The van der Waals surface area contributed by atoms with Crippen molar-refractivity contribution in [2.45, 2.75) is 32.2 Å². The summed E-state index contributed by atoms with van der Waals surface area (Å²) in [6.45, 7) is 3.40. The van der Waals surface area contributed by atoms with Crippen molar-refractivity contribution in [2.24, 2.45) is 11.7 Å². The highest BCUT2D eigenvalue weighted by molar-refractivity contribution is 5.94. The van der Waals surface area contributed by atoms with Gasteiger partial charge in [0, 0.05) is 25.0 Å². The molecule has 1 aromatic heterocycles. The number of aromatic amines is 1. The second-order valence-corrected chi connectivity index (χ2v) is 4.60. The first-order valence-electron chi connectivity index (χ1n) is 6.39. The summed E-state index contributed by atoms with van der Waals surface area (Å²) in [5.41, 5.74) is 6.96. The topological polar surface area (TPSA) is 93.0 Å². The van der Waals surface area contributed by atoms with Crippen LogP contribution in [0.5, 0.6) is 0 Å². The number of nitrogens with two attached hydrogens (primary N) is 1. The highest BCUT2D eigenvalue weighted by Gasteiger charge is 2.26. The monoisotopic (exact) mass is 252 g/mol. The molecule has 100 valence electrons. The van der Waals surface area contributed by atoms with Gasteiger partial charge in [-0.2, -0.15) is 5.10 Å². The molecule has 2 heterocycles. The van der Waals surface area contributed by atoms with Crippen LogP contribution in [-0.2, 0) is 16.0 Å². The van der Waals surface area contributed by atoms with Crippen molar-refractivity contribution in [1.29, 1.82) is 0 Å². The molecule has 1 unspecified atom stereocenters. The molecule has 1 atom stereocenters. The van der Waals surface area contributed by atoms with E-state index in [0.717, 1.165) is 25.0 Å². The maximum absolute atomic E-state index is 12.0. The second-order valence-electron chi connectivity index (χ2n) is 4.60. The van der Waals surface area contributed by atoms with E-state index in [9.17, 15) is 4.79 Å². The van der Waals surface area contributed by atoms with Crippen molar-refractivity contribution >= 4 is 11.7 Å². The van der Waals surface area contributed by atoms with Crippen molar-refractivity contribution in [3.63, 3.8) is 0 Å². The Balaban J connectivity index is 1.90. The molecule has 0 aliphatic carbocycles. The summed E-state index contributed by atoms with van der Waals surface area (Å²) in [6.07, 6.45) is 2.54. The Morgan fingerprint density at radius 1 is 1.67 bits per heavy atom. The summed E-state index contributed by atoms with van der Waals surface area (Å²) in [7, 11) is 0. The molecule has 1 aliphatic rings. The summed E-state index contributed by atoms with van der Waals surface area (Å²) in [4.78, 5) is 12.0. The van der Waals surface area contributed by atoms with E-state index in [2.05, 4.69) is 15.5 Å². The van der Waals surface area contributed by atoms with E-state index in [1.807, 2.05) is 13.0 Å². The Bertz CT molecular complexity index is 399. The Hall–Kier alpha value is -1.40. The van der Waals surface area contributed by atoms with Gasteiger partial charge in [0.05, 0.1) is 6.04 Å². The van der Waals surface area contributed by atoms with Gasteiger partial charge >= 0.3 is 0 Å². The predicted octanol–water partition coefficient (Wildman–Crippen LogP) is 0.664. The molecule has 6 heteroatoms. The quantitative estimate of drug-likeness (QED) is 0.734. The molecule has 0 saturated carbocycles. The number of aryl methyl sites for hydroxylation is 1. The van der Waals surface area contributed by atoms with E-state index in [-0.39, 0.29) is 11.8 Å². The number of carbonyl (C=O) groups is 1. The molecule has 1 amide bonds. The Morgan fingerprint density at radius 2 is 2.39 bits per heavy atom. The van der Waals surface area contributed by atoms with E-state index in [1.54, 1.807) is 0 Å². The fourth-order valence-electron chi connectivity index (χ4n) is 2.11. The van der Waals surface area contributed by atoms with Crippen molar-refractivity contribution in [3.8, 4) is 0 Å². The zero-order valence-electron chi connectivity index (χ0n) is 10.6. The molecule has 1 aliphatic heterocycles. The van der Waals surface area contributed by atoms with E-state index in [4.69, 9.17) is 10.5 Å². The number of nitrogens with zero attached hydrogens (tertiary/aromatic N) is 1. The third-order valence-electron chi connectivity index (χ3n) is 3.34. The van der Waals surface area contributed by atoms with Crippen LogP contribution in [0.2, 0.25) is 0 Å². The fraction of sp³-hybridized carbons (Fsp3) is 0.667. The number of hydrogen-bond donors (Lipinski definition) is 3. The van der Waals surface area contributed by atoms with Crippen molar-refractivity contribution in [1.82, 2.24) is 10.2 Å². The van der Waals surface area contributed by atoms with Gasteiger partial charge in [0.15, 0.2) is 5.82 Å². The molecular formula is C12H20N4O2.